The summed E-state index contributed by atoms with van der Waals surface area (Å²) in [7, 11) is 2.17. The molecule has 2 rings (SSSR count). The zero-order valence-corrected chi connectivity index (χ0v) is 10.2. The summed E-state index contributed by atoms with van der Waals surface area (Å²) in [4.78, 5) is 10.4. The lowest BCUT2D eigenvalue weighted by molar-refractivity contribution is 0.149. The summed E-state index contributed by atoms with van der Waals surface area (Å²) < 4.78 is 0. The molecule has 1 fully saturated rings. The van der Waals surface area contributed by atoms with Crippen LogP contribution in [0.15, 0.2) is 0 Å². The number of nitrogens with zero attached hydrogens (tertiary/aromatic N) is 3. The molecule has 1 saturated heterocycles. The monoisotopic (exact) mass is 226 g/mol. The molecular weight excluding hydrogens is 208 g/mol. The van der Waals surface area contributed by atoms with Crippen LogP contribution >= 0.6 is 11.3 Å². The van der Waals surface area contributed by atoms with E-state index in [9.17, 15) is 0 Å². The van der Waals surface area contributed by atoms with Crippen LogP contribution in [0.4, 0.5) is 5.13 Å². The van der Waals surface area contributed by atoms with Gasteiger partial charge in [0.2, 0.25) is 0 Å². The van der Waals surface area contributed by atoms with Crippen LogP contribution in [0.3, 0.4) is 0 Å². The SMILES string of the molecule is Cc1nc(N)sc1CN1CCN(C)CC1. The Labute approximate surface area is 94.7 Å². The number of aromatic nitrogens is 1. The van der Waals surface area contributed by atoms with Crippen LogP contribution in [0.5, 0.6) is 0 Å². The van der Waals surface area contributed by atoms with Crippen LogP contribution in [0.2, 0.25) is 0 Å². The number of thiazole rings is 1. The van der Waals surface area contributed by atoms with Crippen molar-refractivity contribution in [2.24, 2.45) is 0 Å². The summed E-state index contributed by atoms with van der Waals surface area (Å²) in [6.45, 7) is 7.66. The summed E-state index contributed by atoms with van der Waals surface area (Å²) in [6.07, 6.45) is 0. The molecule has 1 aromatic rings. The number of aryl methyl sites for hydroxylation is 1. The number of hydrogen-bond acceptors (Lipinski definition) is 5. The second-order valence-corrected chi connectivity index (χ2v) is 5.26. The Balaban J connectivity index is 1.94. The molecule has 84 valence electrons. The molecule has 0 radical (unpaired) electrons. The van der Waals surface area contributed by atoms with Crippen LogP contribution < -0.4 is 5.73 Å². The van der Waals surface area contributed by atoms with Gasteiger partial charge in [0.05, 0.1) is 5.69 Å². The fourth-order valence-corrected chi connectivity index (χ4v) is 2.68. The second kappa shape index (κ2) is 4.47. The predicted molar refractivity (Wildman–Crippen MR) is 64.0 cm³/mol. The maximum Gasteiger partial charge on any atom is 0.180 e. The van der Waals surface area contributed by atoms with Crippen molar-refractivity contribution >= 4 is 16.5 Å². The van der Waals surface area contributed by atoms with Crippen LogP contribution in [-0.2, 0) is 6.54 Å². The molecule has 0 saturated carbocycles. The molecule has 15 heavy (non-hydrogen) atoms. The third kappa shape index (κ3) is 2.68. The maximum atomic E-state index is 5.69. The highest BCUT2D eigenvalue weighted by Gasteiger charge is 2.16. The molecule has 1 aliphatic rings. The molecule has 0 aromatic carbocycles. The molecule has 4 nitrogen and oxygen atoms in total. The molecule has 2 heterocycles. The molecule has 0 aliphatic carbocycles. The number of nitrogens with two attached hydrogens (primary N) is 1. The van der Waals surface area contributed by atoms with E-state index in [0.29, 0.717) is 5.13 Å². The number of piperazine rings is 1. The van der Waals surface area contributed by atoms with E-state index in [1.54, 1.807) is 11.3 Å². The van der Waals surface area contributed by atoms with Crippen LogP contribution in [0, 0.1) is 6.92 Å². The van der Waals surface area contributed by atoms with Crippen LogP contribution in [0.25, 0.3) is 0 Å². The molecule has 0 atom stereocenters. The number of rotatable bonds is 2. The minimum Gasteiger partial charge on any atom is -0.375 e. The molecular formula is C10H18N4S. The van der Waals surface area contributed by atoms with Crippen LogP contribution in [0.1, 0.15) is 10.6 Å². The van der Waals surface area contributed by atoms with Crippen molar-refractivity contribution in [3.05, 3.63) is 10.6 Å². The van der Waals surface area contributed by atoms with E-state index >= 15 is 0 Å². The number of likely N-dealkylation sites (N-methyl/N-ethyl adjacent to an activating group) is 1. The maximum absolute atomic E-state index is 5.69. The van der Waals surface area contributed by atoms with Gasteiger partial charge in [-0.05, 0) is 14.0 Å². The van der Waals surface area contributed by atoms with Gasteiger partial charge in [-0.1, -0.05) is 0 Å². The van der Waals surface area contributed by atoms with Crippen molar-refractivity contribution < 1.29 is 0 Å². The molecule has 1 aromatic heterocycles. The van der Waals surface area contributed by atoms with Gasteiger partial charge in [0.1, 0.15) is 0 Å². The summed E-state index contributed by atoms with van der Waals surface area (Å²) in [5.41, 5.74) is 6.78. The minimum atomic E-state index is 0.691. The minimum absolute atomic E-state index is 0.691. The number of nitrogen functional groups attached to an aromatic ring is 1. The van der Waals surface area contributed by atoms with Gasteiger partial charge in [-0.25, -0.2) is 4.98 Å². The number of hydrogen-bond donors (Lipinski definition) is 1. The Morgan fingerprint density at radius 2 is 2.00 bits per heavy atom. The lowest BCUT2D eigenvalue weighted by Crippen LogP contribution is -2.43. The Morgan fingerprint density at radius 1 is 1.33 bits per heavy atom. The molecule has 0 unspecified atom stereocenters. The van der Waals surface area contributed by atoms with Gasteiger partial charge in [-0.15, -0.1) is 11.3 Å². The summed E-state index contributed by atoms with van der Waals surface area (Å²) >= 11 is 1.62. The Bertz CT molecular complexity index is 328. The van der Waals surface area contributed by atoms with E-state index in [1.165, 1.54) is 4.88 Å². The van der Waals surface area contributed by atoms with E-state index in [1.807, 2.05) is 6.92 Å². The van der Waals surface area contributed by atoms with E-state index in [0.717, 1.165) is 38.4 Å². The molecule has 1 aliphatic heterocycles. The average molecular weight is 226 g/mol. The van der Waals surface area contributed by atoms with Crippen molar-refractivity contribution in [3.63, 3.8) is 0 Å². The van der Waals surface area contributed by atoms with Crippen molar-refractivity contribution in [2.75, 3.05) is 39.0 Å². The Kier molecular flexibility index (Phi) is 3.23. The summed E-state index contributed by atoms with van der Waals surface area (Å²) in [5.74, 6) is 0. The second-order valence-electron chi connectivity index (χ2n) is 4.14. The van der Waals surface area contributed by atoms with Gasteiger partial charge in [-0.3, -0.25) is 4.90 Å². The van der Waals surface area contributed by atoms with E-state index < -0.39 is 0 Å². The quantitative estimate of drug-likeness (QED) is 0.809. The van der Waals surface area contributed by atoms with Crippen molar-refractivity contribution in [3.8, 4) is 0 Å². The molecule has 0 amide bonds. The normalized spacial score (nSPS) is 19.6. The van der Waals surface area contributed by atoms with Gasteiger partial charge in [0, 0.05) is 37.6 Å². The first-order valence-electron chi connectivity index (χ1n) is 5.28. The molecule has 5 heteroatoms. The average Bonchev–Trinajstić information content (AvgIpc) is 2.49. The van der Waals surface area contributed by atoms with Crippen molar-refractivity contribution in [1.29, 1.82) is 0 Å². The van der Waals surface area contributed by atoms with E-state index in [-0.39, 0.29) is 0 Å². The zero-order valence-electron chi connectivity index (χ0n) is 9.36. The lowest BCUT2D eigenvalue weighted by atomic mass is 10.3. The third-order valence-electron chi connectivity index (χ3n) is 2.87. The topological polar surface area (TPSA) is 45.4 Å². The van der Waals surface area contributed by atoms with Gasteiger partial charge in [-0.2, -0.15) is 0 Å². The first-order chi connectivity index (χ1) is 7.15. The van der Waals surface area contributed by atoms with Crippen molar-refractivity contribution in [1.82, 2.24) is 14.8 Å². The van der Waals surface area contributed by atoms with Gasteiger partial charge >= 0.3 is 0 Å². The zero-order chi connectivity index (χ0) is 10.8. The van der Waals surface area contributed by atoms with E-state index in [2.05, 4.69) is 21.8 Å². The van der Waals surface area contributed by atoms with Gasteiger partial charge in [0.25, 0.3) is 0 Å². The largest absolute Gasteiger partial charge is 0.375 e. The standard InChI is InChI=1S/C10H18N4S/c1-8-9(15-10(11)12-8)7-14-5-3-13(2)4-6-14/h3-7H2,1-2H3,(H2,11,12). The highest BCUT2D eigenvalue weighted by atomic mass is 32.1. The smallest absolute Gasteiger partial charge is 0.180 e. The van der Waals surface area contributed by atoms with Gasteiger partial charge in [0.15, 0.2) is 5.13 Å². The fraction of sp³-hybridized carbons (Fsp3) is 0.700. The number of anilines is 1. The van der Waals surface area contributed by atoms with Crippen LogP contribution in [-0.4, -0.2) is 48.0 Å². The third-order valence-corrected chi connectivity index (χ3v) is 3.84. The highest BCUT2D eigenvalue weighted by molar-refractivity contribution is 7.15. The molecule has 0 spiro atoms. The van der Waals surface area contributed by atoms with Gasteiger partial charge < -0.3 is 10.6 Å². The highest BCUT2D eigenvalue weighted by Crippen LogP contribution is 2.21. The Morgan fingerprint density at radius 3 is 2.53 bits per heavy atom. The fourth-order valence-electron chi connectivity index (χ4n) is 1.81. The van der Waals surface area contributed by atoms with E-state index in [4.69, 9.17) is 5.73 Å². The van der Waals surface area contributed by atoms with Crippen molar-refractivity contribution in [2.45, 2.75) is 13.5 Å². The lowest BCUT2D eigenvalue weighted by Gasteiger charge is -2.32. The molecule has 2 N–H and O–H groups in total. The summed E-state index contributed by atoms with van der Waals surface area (Å²) in [5, 5.41) is 0.691. The summed E-state index contributed by atoms with van der Waals surface area (Å²) in [6, 6.07) is 0. The first-order valence-corrected chi connectivity index (χ1v) is 6.09. The molecule has 0 bridgehead atoms. The Hall–Kier alpha value is -0.650. The predicted octanol–water partition coefficient (Wildman–Crippen LogP) is 0.781. The first kappa shape index (κ1) is 10.9.